The van der Waals surface area contributed by atoms with Crippen molar-refractivity contribution in [2.45, 2.75) is 39.2 Å². The molecule has 5 nitrogen and oxygen atoms in total. The third-order valence-electron chi connectivity index (χ3n) is 1.94. The lowest BCUT2D eigenvalue weighted by Crippen LogP contribution is -2.24. The number of pyridine rings is 1. The third kappa shape index (κ3) is 5.98. The maximum absolute atomic E-state index is 11.5. The van der Waals surface area contributed by atoms with Gasteiger partial charge in [0, 0.05) is 24.5 Å². The number of aromatic nitrogens is 1. The largest absolute Gasteiger partial charge is 0.460 e. The molecule has 0 aromatic carbocycles. The number of nitrogens with one attached hydrogen (secondary N) is 1. The van der Waals surface area contributed by atoms with Crippen molar-refractivity contribution in [2.24, 2.45) is 0 Å². The summed E-state index contributed by atoms with van der Waals surface area (Å²) in [5.74, 6) is -0.584. The zero-order valence-corrected chi connectivity index (χ0v) is 10.9. The molecule has 0 saturated carbocycles. The SMILES string of the molecule is CC(C)(C)OC(=O)CCC(=O)Nc1ccncc1. The minimum Gasteiger partial charge on any atom is -0.460 e. The Kier molecular flexibility index (Phi) is 4.83. The molecule has 1 heterocycles. The fraction of sp³-hybridized carbons (Fsp3) is 0.462. The molecule has 1 N–H and O–H groups in total. The van der Waals surface area contributed by atoms with E-state index in [1.807, 2.05) is 0 Å². The number of carbonyl (C=O) groups is 2. The molecule has 0 saturated heterocycles. The first-order valence-corrected chi connectivity index (χ1v) is 5.78. The van der Waals surface area contributed by atoms with Gasteiger partial charge in [-0.25, -0.2) is 0 Å². The molecule has 0 spiro atoms. The molecule has 0 unspecified atom stereocenters. The summed E-state index contributed by atoms with van der Waals surface area (Å²) in [6.45, 7) is 5.38. The Balaban J connectivity index is 2.32. The molecule has 1 aromatic rings. The zero-order chi connectivity index (χ0) is 13.6. The highest BCUT2D eigenvalue weighted by Gasteiger charge is 2.16. The van der Waals surface area contributed by atoms with Crippen LogP contribution in [0.3, 0.4) is 0 Å². The van der Waals surface area contributed by atoms with Crippen LogP contribution in [0, 0.1) is 0 Å². The Morgan fingerprint density at radius 3 is 2.39 bits per heavy atom. The second-order valence-corrected chi connectivity index (χ2v) is 4.87. The van der Waals surface area contributed by atoms with Crippen LogP contribution in [0.4, 0.5) is 5.69 Å². The van der Waals surface area contributed by atoms with Gasteiger partial charge in [0.1, 0.15) is 5.60 Å². The van der Waals surface area contributed by atoms with Crippen molar-refractivity contribution in [3.8, 4) is 0 Å². The van der Waals surface area contributed by atoms with Gasteiger partial charge >= 0.3 is 5.97 Å². The first kappa shape index (κ1) is 14.2. The minimum absolute atomic E-state index is 0.0776. The van der Waals surface area contributed by atoms with Crippen molar-refractivity contribution in [3.05, 3.63) is 24.5 Å². The van der Waals surface area contributed by atoms with E-state index in [4.69, 9.17) is 4.74 Å². The van der Waals surface area contributed by atoms with Crippen molar-refractivity contribution in [1.29, 1.82) is 0 Å². The molecule has 1 aromatic heterocycles. The topological polar surface area (TPSA) is 68.3 Å². The third-order valence-corrected chi connectivity index (χ3v) is 1.94. The Morgan fingerprint density at radius 2 is 1.83 bits per heavy atom. The first-order valence-electron chi connectivity index (χ1n) is 5.78. The van der Waals surface area contributed by atoms with Gasteiger partial charge in [0.15, 0.2) is 0 Å². The summed E-state index contributed by atoms with van der Waals surface area (Å²) in [5, 5.41) is 2.67. The summed E-state index contributed by atoms with van der Waals surface area (Å²) in [6, 6.07) is 3.37. The predicted octanol–water partition coefficient (Wildman–Crippen LogP) is 2.14. The summed E-state index contributed by atoms with van der Waals surface area (Å²) < 4.78 is 5.11. The number of carbonyl (C=O) groups excluding carboxylic acids is 2. The molecule has 5 heteroatoms. The average molecular weight is 250 g/mol. The first-order chi connectivity index (χ1) is 8.37. The van der Waals surface area contributed by atoms with E-state index in [9.17, 15) is 9.59 Å². The summed E-state index contributed by atoms with van der Waals surface area (Å²) in [4.78, 5) is 26.8. The molecule has 0 aliphatic rings. The second-order valence-electron chi connectivity index (χ2n) is 4.87. The molecule has 0 bridgehead atoms. The summed E-state index contributed by atoms with van der Waals surface area (Å²) in [7, 11) is 0. The van der Waals surface area contributed by atoms with Crippen LogP contribution in [0.25, 0.3) is 0 Å². The van der Waals surface area contributed by atoms with E-state index in [0.717, 1.165) is 0 Å². The van der Waals surface area contributed by atoms with Crippen molar-refractivity contribution in [3.63, 3.8) is 0 Å². The molecule has 1 amide bonds. The quantitative estimate of drug-likeness (QED) is 0.831. The number of ether oxygens (including phenoxy) is 1. The average Bonchev–Trinajstić information content (AvgIpc) is 2.25. The van der Waals surface area contributed by atoms with Crippen LogP contribution in [0.15, 0.2) is 24.5 Å². The van der Waals surface area contributed by atoms with Gasteiger partial charge in [0.2, 0.25) is 5.91 Å². The number of anilines is 1. The fourth-order valence-corrected chi connectivity index (χ4v) is 1.27. The van der Waals surface area contributed by atoms with Crippen LogP contribution in [0.5, 0.6) is 0 Å². The van der Waals surface area contributed by atoms with E-state index in [1.165, 1.54) is 0 Å². The number of hydrogen-bond donors (Lipinski definition) is 1. The lowest BCUT2D eigenvalue weighted by molar-refractivity contribution is -0.155. The zero-order valence-electron chi connectivity index (χ0n) is 10.9. The maximum atomic E-state index is 11.5. The van der Waals surface area contributed by atoms with Crippen molar-refractivity contribution in [2.75, 3.05) is 5.32 Å². The van der Waals surface area contributed by atoms with Crippen LogP contribution >= 0.6 is 0 Å². The molecule has 98 valence electrons. The monoisotopic (exact) mass is 250 g/mol. The van der Waals surface area contributed by atoms with Gasteiger partial charge in [-0.1, -0.05) is 0 Å². The summed E-state index contributed by atoms with van der Waals surface area (Å²) in [5.41, 5.74) is 0.151. The lowest BCUT2D eigenvalue weighted by atomic mass is 10.2. The van der Waals surface area contributed by atoms with Crippen molar-refractivity contribution >= 4 is 17.6 Å². The van der Waals surface area contributed by atoms with Gasteiger partial charge in [0.05, 0.1) is 6.42 Å². The maximum Gasteiger partial charge on any atom is 0.306 e. The molecular weight excluding hydrogens is 232 g/mol. The van der Waals surface area contributed by atoms with E-state index in [1.54, 1.807) is 45.3 Å². The summed E-state index contributed by atoms with van der Waals surface area (Å²) in [6.07, 6.45) is 3.36. The molecule has 0 aliphatic carbocycles. The molecular formula is C13H18N2O3. The molecule has 18 heavy (non-hydrogen) atoms. The smallest absolute Gasteiger partial charge is 0.306 e. The van der Waals surface area contributed by atoms with Crippen LogP contribution in [0.1, 0.15) is 33.6 Å². The van der Waals surface area contributed by atoms with E-state index in [2.05, 4.69) is 10.3 Å². The van der Waals surface area contributed by atoms with Crippen LogP contribution in [-0.4, -0.2) is 22.5 Å². The Labute approximate surface area is 107 Å². The normalized spacial score (nSPS) is 10.8. The van der Waals surface area contributed by atoms with Gasteiger partial charge in [-0.3, -0.25) is 14.6 Å². The predicted molar refractivity (Wildman–Crippen MR) is 67.9 cm³/mol. The van der Waals surface area contributed by atoms with Gasteiger partial charge < -0.3 is 10.1 Å². The number of rotatable bonds is 4. The standard InChI is InChI=1S/C13H18N2O3/c1-13(2,3)18-12(17)5-4-11(16)15-10-6-8-14-9-7-10/h6-9H,4-5H2,1-3H3,(H,14,15,16). The Morgan fingerprint density at radius 1 is 1.22 bits per heavy atom. The Bertz CT molecular complexity index is 410. The molecule has 0 radical (unpaired) electrons. The highest BCUT2D eigenvalue weighted by molar-refractivity contribution is 5.92. The molecule has 1 rings (SSSR count). The number of hydrogen-bond acceptors (Lipinski definition) is 4. The molecule has 0 aliphatic heterocycles. The number of nitrogens with zero attached hydrogens (tertiary/aromatic N) is 1. The van der Waals surface area contributed by atoms with Crippen LogP contribution < -0.4 is 5.32 Å². The molecule has 0 atom stereocenters. The van der Waals surface area contributed by atoms with Crippen LogP contribution in [0.2, 0.25) is 0 Å². The number of esters is 1. The highest BCUT2D eigenvalue weighted by atomic mass is 16.6. The molecule has 0 fully saturated rings. The lowest BCUT2D eigenvalue weighted by Gasteiger charge is -2.19. The van der Waals surface area contributed by atoms with Gasteiger partial charge in [-0.05, 0) is 32.9 Å². The van der Waals surface area contributed by atoms with Gasteiger partial charge in [-0.15, -0.1) is 0 Å². The fourth-order valence-electron chi connectivity index (χ4n) is 1.27. The van der Waals surface area contributed by atoms with Gasteiger partial charge in [0.25, 0.3) is 0 Å². The van der Waals surface area contributed by atoms with Gasteiger partial charge in [-0.2, -0.15) is 0 Å². The van der Waals surface area contributed by atoms with E-state index >= 15 is 0 Å². The van der Waals surface area contributed by atoms with E-state index in [-0.39, 0.29) is 24.7 Å². The highest BCUT2D eigenvalue weighted by Crippen LogP contribution is 2.10. The van der Waals surface area contributed by atoms with E-state index in [0.29, 0.717) is 5.69 Å². The van der Waals surface area contributed by atoms with E-state index < -0.39 is 5.60 Å². The summed E-state index contributed by atoms with van der Waals surface area (Å²) >= 11 is 0. The van der Waals surface area contributed by atoms with Crippen molar-refractivity contribution in [1.82, 2.24) is 4.98 Å². The minimum atomic E-state index is -0.515. The van der Waals surface area contributed by atoms with Crippen LogP contribution in [-0.2, 0) is 14.3 Å². The second kappa shape index (κ2) is 6.14. The van der Waals surface area contributed by atoms with Crippen molar-refractivity contribution < 1.29 is 14.3 Å². The Hall–Kier alpha value is -1.91. The number of amides is 1.